The van der Waals surface area contributed by atoms with Crippen LogP contribution in [0, 0.1) is 5.41 Å². The summed E-state index contributed by atoms with van der Waals surface area (Å²) in [5.41, 5.74) is 6.43. The first-order valence-electron chi connectivity index (χ1n) is 7.94. The van der Waals surface area contributed by atoms with E-state index in [0.717, 1.165) is 23.9 Å². The molecule has 1 amide bonds. The summed E-state index contributed by atoms with van der Waals surface area (Å²) in [5.74, 6) is 1.21. The van der Waals surface area contributed by atoms with E-state index >= 15 is 0 Å². The topological polar surface area (TPSA) is 64.8 Å². The standard InChI is InChI=1S/C17H25BrN2O3/c1-4-7-23-15-13(18)8-12(9-14(15)22-3)16(21)20-6-5-17(2,10-19)11-20/h8-9H,4-7,10-11,19H2,1-3H3. The zero-order chi connectivity index (χ0) is 17.0. The average molecular weight is 385 g/mol. The van der Waals surface area contributed by atoms with Crippen molar-refractivity contribution in [2.24, 2.45) is 11.1 Å². The minimum Gasteiger partial charge on any atom is -0.493 e. The van der Waals surface area contributed by atoms with Crippen LogP contribution in [0.4, 0.5) is 0 Å². The number of carbonyl (C=O) groups is 1. The Balaban J connectivity index is 2.23. The van der Waals surface area contributed by atoms with Crippen LogP contribution in [0.2, 0.25) is 0 Å². The number of hydrogen-bond acceptors (Lipinski definition) is 4. The highest BCUT2D eigenvalue weighted by molar-refractivity contribution is 9.10. The van der Waals surface area contributed by atoms with Crippen LogP contribution in [-0.4, -0.2) is 44.2 Å². The highest BCUT2D eigenvalue weighted by atomic mass is 79.9. The van der Waals surface area contributed by atoms with Crippen molar-refractivity contribution < 1.29 is 14.3 Å². The van der Waals surface area contributed by atoms with Gasteiger partial charge < -0.3 is 20.1 Å². The summed E-state index contributed by atoms with van der Waals surface area (Å²) >= 11 is 3.49. The zero-order valence-corrected chi connectivity index (χ0v) is 15.6. The SMILES string of the molecule is CCCOc1c(Br)cc(C(=O)N2CCC(C)(CN)C2)cc1OC. The summed E-state index contributed by atoms with van der Waals surface area (Å²) in [4.78, 5) is 14.6. The molecule has 2 rings (SSSR count). The second kappa shape index (κ2) is 7.53. The van der Waals surface area contributed by atoms with Gasteiger partial charge in [0.25, 0.3) is 5.91 Å². The molecule has 6 heteroatoms. The summed E-state index contributed by atoms with van der Waals surface area (Å²) in [6.45, 7) is 6.78. The first kappa shape index (κ1) is 18.1. The molecular weight excluding hydrogens is 360 g/mol. The third-order valence-electron chi connectivity index (χ3n) is 4.26. The Bertz CT molecular complexity index is 579. The molecule has 0 aromatic heterocycles. The van der Waals surface area contributed by atoms with Gasteiger partial charge in [0.2, 0.25) is 0 Å². The Morgan fingerprint density at radius 2 is 2.22 bits per heavy atom. The monoisotopic (exact) mass is 384 g/mol. The van der Waals surface area contributed by atoms with Crippen LogP contribution < -0.4 is 15.2 Å². The molecule has 1 aromatic rings. The summed E-state index contributed by atoms with van der Waals surface area (Å²) in [6, 6.07) is 3.55. The lowest BCUT2D eigenvalue weighted by molar-refractivity contribution is 0.0776. The van der Waals surface area contributed by atoms with E-state index in [0.29, 0.717) is 36.8 Å². The second-order valence-corrected chi connectivity index (χ2v) is 7.18. The normalized spacial score (nSPS) is 20.7. The number of methoxy groups -OCH3 is 1. The zero-order valence-electron chi connectivity index (χ0n) is 14.0. The highest BCUT2D eigenvalue weighted by Gasteiger charge is 2.35. The van der Waals surface area contributed by atoms with Gasteiger partial charge >= 0.3 is 0 Å². The van der Waals surface area contributed by atoms with Gasteiger partial charge in [0.15, 0.2) is 11.5 Å². The molecule has 1 fully saturated rings. The molecule has 1 unspecified atom stereocenters. The number of likely N-dealkylation sites (tertiary alicyclic amines) is 1. The fraction of sp³-hybridized carbons (Fsp3) is 0.588. The van der Waals surface area contributed by atoms with Crippen molar-refractivity contribution in [3.63, 3.8) is 0 Å². The van der Waals surface area contributed by atoms with Gasteiger partial charge in [-0.05, 0) is 52.9 Å². The molecule has 5 nitrogen and oxygen atoms in total. The van der Waals surface area contributed by atoms with Crippen LogP contribution in [-0.2, 0) is 0 Å². The van der Waals surface area contributed by atoms with E-state index in [2.05, 4.69) is 22.9 Å². The van der Waals surface area contributed by atoms with Crippen molar-refractivity contribution in [1.82, 2.24) is 4.90 Å². The Morgan fingerprint density at radius 1 is 1.48 bits per heavy atom. The summed E-state index contributed by atoms with van der Waals surface area (Å²) in [5, 5.41) is 0. The van der Waals surface area contributed by atoms with Gasteiger partial charge in [0.05, 0.1) is 18.2 Å². The molecule has 0 radical (unpaired) electrons. The highest BCUT2D eigenvalue weighted by Crippen LogP contribution is 2.38. The number of carbonyl (C=O) groups excluding carboxylic acids is 1. The van der Waals surface area contributed by atoms with E-state index < -0.39 is 0 Å². The number of benzene rings is 1. The van der Waals surface area contributed by atoms with Gasteiger partial charge in [-0.1, -0.05) is 13.8 Å². The van der Waals surface area contributed by atoms with E-state index in [-0.39, 0.29) is 11.3 Å². The molecule has 1 saturated heterocycles. The molecule has 128 valence electrons. The predicted molar refractivity (Wildman–Crippen MR) is 94.2 cm³/mol. The maximum absolute atomic E-state index is 12.8. The lowest BCUT2D eigenvalue weighted by Crippen LogP contribution is -2.34. The summed E-state index contributed by atoms with van der Waals surface area (Å²) in [6.07, 6.45) is 1.84. The third-order valence-corrected chi connectivity index (χ3v) is 4.85. The lowest BCUT2D eigenvalue weighted by atomic mass is 9.90. The molecule has 1 aliphatic rings. The third kappa shape index (κ3) is 3.98. The quantitative estimate of drug-likeness (QED) is 0.818. The van der Waals surface area contributed by atoms with Crippen molar-refractivity contribution in [3.8, 4) is 11.5 Å². The van der Waals surface area contributed by atoms with Gasteiger partial charge in [-0.3, -0.25) is 4.79 Å². The molecule has 0 spiro atoms. The van der Waals surface area contributed by atoms with Gasteiger partial charge in [0, 0.05) is 18.7 Å². The molecular formula is C17H25BrN2O3. The smallest absolute Gasteiger partial charge is 0.254 e. The van der Waals surface area contributed by atoms with Crippen LogP contribution in [0.5, 0.6) is 11.5 Å². The average Bonchev–Trinajstić information content (AvgIpc) is 2.95. The number of halogens is 1. The van der Waals surface area contributed by atoms with Crippen LogP contribution in [0.3, 0.4) is 0 Å². The molecule has 1 aliphatic heterocycles. The molecule has 1 aromatic carbocycles. The molecule has 0 saturated carbocycles. The maximum Gasteiger partial charge on any atom is 0.254 e. The minimum absolute atomic E-state index is 0.00298. The van der Waals surface area contributed by atoms with E-state index in [4.69, 9.17) is 15.2 Å². The van der Waals surface area contributed by atoms with Gasteiger partial charge in [-0.2, -0.15) is 0 Å². The van der Waals surface area contributed by atoms with Gasteiger partial charge in [-0.25, -0.2) is 0 Å². The number of hydrogen-bond donors (Lipinski definition) is 1. The second-order valence-electron chi connectivity index (χ2n) is 6.33. The molecule has 1 heterocycles. The van der Waals surface area contributed by atoms with Crippen LogP contribution >= 0.6 is 15.9 Å². The lowest BCUT2D eigenvalue weighted by Gasteiger charge is -2.23. The van der Waals surface area contributed by atoms with E-state index in [1.165, 1.54) is 0 Å². The van der Waals surface area contributed by atoms with Crippen LogP contribution in [0.15, 0.2) is 16.6 Å². The fourth-order valence-corrected chi connectivity index (χ4v) is 3.29. The van der Waals surface area contributed by atoms with Crippen LogP contribution in [0.1, 0.15) is 37.0 Å². The summed E-state index contributed by atoms with van der Waals surface area (Å²) in [7, 11) is 1.58. The van der Waals surface area contributed by atoms with Gasteiger partial charge in [0.1, 0.15) is 0 Å². The summed E-state index contributed by atoms with van der Waals surface area (Å²) < 4.78 is 11.8. The minimum atomic E-state index is 0.00298. The Morgan fingerprint density at radius 3 is 2.78 bits per heavy atom. The van der Waals surface area contributed by atoms with E-state index in [9.17, 15) is 4.79 Å². The van der Waals surface area contributed by atoms with Crippen molar-refractivity contribution in [2.45, 2.75) is 26.7 Å². The number of nitrogens with two attached hydrogens (primary N) is 1. The Hall–Kier alpha value is -1.27. The predicted octanol–water partition coefficient (Wildman–Crippen LogP) is 3.06. The van der Waals surface area contributed by atoms with Gasteiger partial charge in [-0.15, -0.1) is 0 Å². The first-order valence-corrected chi connectivity index (χ1v) is 8.73. The Kier molecular flexibility index (Phi) is 5.92. The molecule has 2 N–H and O–H groups in total. The first-order chi connectivity index (χ1) is 10.9. The number of rotatable bonds is 6. The Labute approximate surface area is 146 Å². The van der Waals surface area contributed by atoms with Crippen molar-refractivity contribution in [2.75, 3.05) is 33.4 Å². The molecule has 0 bridgehead atoms. The van der Waals surface area contributed by atoms with Crippen LogP contribution in [0.25, 0.3) is 0 Å². The van der Waals surface area contributed by atoms with Crippen molar-refractivity contribution in [1.29, 1.82) is 0 Å². The largest absolute Gasteiger partial charge is 0.493 e. The molecule has 1 atom stereocenters. The number of amides is 1. The van der Waals surface area contributed by atoms with E-state index in [1.54, 1.807) is 19.2 Å². The fourth-order valence-electron chi connectivity index (χ4n) is 2.73. The number of nitrogens with zero attached hydrogens (tertiary/aromatic N) is 1. The van der Waals surface area contributed by atoms with E-state index in [1.807, 2.05) is 11.8 Å². The molecule has 23 heavy (non-hydrogen) atoms. The van der Waals surface area contributed by atoms with Crippen molar-refractivity contribution in [3.05, 3.63) is 22.2 Å². The molecule has 0 aliphatic carbocycles. The number of ether oxygens (including phenoxy) is 2. The van der Waals surface area contributed by atoms with Crippen molar-refractivity contribution >= 4 is 21.8 Å². The maximum atomic E-state index is 12.8.